The van der Waals surface area contributed by atoms with E-state index in [2.05, 4.69) is 4.74 Å². The fourth-order valence-electron chi connectivity index (χ4n) is 2.14. The molecule has 1 saturated carbocycles. The highest BCUT2D eigenvalue weighted by Crippen LogP contribution is 2.30. The number of aliphatic hydroxyl groups is 1. The van der Waals surface area contributed by atoms with Crippen LogP contribution in [0.25, 0.3) is 0 Å². The largest absolute Gasteiger partial charge is 0.420 e. The van der Waals surface area contributed by atoms with E-state index in [9.17, 15) is 27.5 Å². The summed E-state index contributed by atoms with van der Waals surface area (Å²) in [5, 5.41) is 9.29. The van der Waals surface area contributed by atoms with Crippen molar-refractivity contribution in [1.82, 2.24) is 0 Å². The molecule has 0 radical (unpaired) electrons. The van der Waals surface area contributed by atoms with Gasteiger partial charge in [-0.25, -0.2) is 8.78 Å². The van der Waals surface area contributed by atoms with Crippen LogP contribution in [-0.4, -0.2) is 17.2 Å². The maximum absolute atomic E-state index is 13.3. The molecular formula is C13H12F4O3. The summed E-state index contributed by atoms with van der Waals surface area (Å²) in [7, 11) is 0. The highest BCUT2D eigenvalue weighted by atomic mass is 19.2. The molecule has 1 N–H and O–H groups in total. The number of benzene rings is 1. The van der Waals surface area contributed by atoms with E-state index >= 15 is 0 Å². The lowest BCUT2D eigenvalue weighted by Crippen LogP contribution is -2.28. The predicted octanol–water partition coefficient (Wildman–Crippen LogP) is 2.70. The lowest BCUT2D eigenvalue weighted by molar-refractivity contribution is -0.141. The molecule has 0 saturated heterocycles. The van der Waals surface area contributed by atoms with Gasteiger partial charge in [0.15, 0.2) is 11.6 Å². The van der Waals surface area contributed by atoms with Crippen LogP contribution in [0.5, 0.6) is 5.75 Å². The van der Waals surface area contributed by atoms with Gasteiger partial charge in [-0.15, -0.1) is 0 Å². The quantitative estimate of drug-likeness (QED) is 0.394. The second-order valence-electron chi connectivity index (χ2n) is 4.72. The van der Waals surface area contributed by atoms with Crippen LogP contribution < -0.4 is 4.74 Å². The Morgan fingerprint density at radius 3 is 2.05 bits per heavy atom. The Morgan fingerprint density at radius 1 is 1.05 bits per heavy atom. The zero-order valence-electron chi connectivity index (χ0n) is 10.3. The van der Waals surface area contributed by atoms with E-state index in [1.165, 1.54) is 0 Å². The Balaban J connectivity index is 2.16. The molecule has 2 rings (SSSR count). The Morgan fingerprint density at radius 2 is 1.55 bits per heavy atom. The lowest BCUT2D eigenvalue weighted by Gasteiger charge is -2.23. The first-order chi connectivity index (χ1) is 9.40. The third kappa shape index (κ3) is 2.92. The molecule has 0 unspecified atom stereocenters. The average molecular weight is 292 g/mol. The molecule has 1 aliphatic rings. The number of carbonyl (C=O) groups is 1. The molecule has 0 aliphatic heterocycles. The highest BCUT2D eigenvalue weighted by molar-refractivity contribution is 5.75. The van der Waals surface area contributed by atoms with Crippen LogP contribution in [0.4, 0.5) is 17.6 Å². The minimum atomic E-state index is -1.74. The number of hydrogen-bond donors (Lipinski definition) is 1. The van der Waals surface area contributed by atoms with E-state index in [0.717, 1.165) is 0 Å². The van der Waals surface area contributed by atoms with Gasteiger partial charge >= 0.3 is 5.97 Å². The Bertz CT molecular complexity index is 499. The molecule has 0 heterocycles. The van der Waals surface area contributed by atoms with Crippen molar-refractivity contribution >= 4 is 5.97 Å². The molecule has 20 heavy (non-hydrogen) atoms. The van der Waals surface area contributed by atoms with Crippen molar-refractivity contribution in [3.05, 3.63) is 29.3 Å². The van der Waals surface area contributed by atoms with Gasteiger partial charge in [0.2, 0.25) is 17.4 Å². The van der Waals surface area contributed by atoms with E-state index in [0.29, 0.717) is 25.7 Å². The molecule has 1 fully saturated rings. The second kappa shape index (κ2) is 5.78. The Kier molecular flexibility index (Phi) is 4.27. The molecule has 0 bridgehead atoms. The number of carbonyl (C=O) groups excluding carboxylic acids is 1. The highest BCUT2D eigenvalue weighted by Gasteiger charge is 2.30. The summed E-state index contributed by atoms with van der Waals surface area (Å²) in [5.41, 5.74) is 0. The average Bonchev–Trinajstić information content (AvgIpc) is 2.42. The molecule has 1 aromatic rings. The minimum absolute atomic E-state index is 0.0406. The summed E-state index contributed by atoms with van der Waals surface area (Å²) in [6.45, 7) is 0. The van der Waals surface area contributed by atoms with Crippen molar-refractivity contribution in [3.63, 3.8) is 0 Å². The zero-order chi connectivity index (χ0) is 14.9. The standard InChI is InChI=1S/C13H12F4O3/c14-8-5-9(15)11(17)12(10(8)16)20-13(19)6-1-3-7(18)4-2-6/h5-7,18H,1-4H2/t6-,7-. The van der Waals surface area contributed by atoms with Crippen molar-refractivity contribution in [3.8, 4) is 5.75 Å². The fraction of sp³-hybridized carbons (Fsp3) is 0.462. The summed E-state index contributed by atoms with van der Waals surface area (Å²) in [5.74, 6) is -9.72. The number of hydrogen-bond acceptors (Lipinski definition) is 3. The molecule has 0 aromatic heterocycles. The van der Waals surface area contributed by atoms with Crippen LogP contribution >= 0.6 is 0 Å². The van der Waals surface area contributed by atoms with E-state index in [1.807, 2.05) is 0 Å². The van der Waals surface area contributed by atoms with Crippen molar-refractivity contribution in [2.24, 2.45) is 5.92 Å². The molecule has 1 aliphatic carbocycles. The van der Waals surface area contributed by atoms with Crippen molar-refractivity contribution < 1.29 is 32.2 Å². The van der Waals surface area contributed by atoms with E-state index in [4.69, 9.17) is 0 Å². The normalized spacial score (nSPS) is 22.6. The first kappa shape index (κ1) is 14.8. The smallest absolute Gasteiger partial charge is 0.314 e. The first-order valence-electron chi connectivity index (χ1n) is 6.13. The number of halogens is 4. The predicted molar refractivity (Wildman–Crippen MR) is 59.9 cm³/mol. The van der Waals surface area contributed by atoms with Crippen molar-refractivity contribution in [1.29, 1.82) is 0 Å². The van der Waals surface area contributed by atoms with Crippen LogP contribution in [0.2, 0.25) is 0 Å². The number of rotatable bonds is 2. The molecule has 110 valence electrons. The molecule has 1 aromatic carbocycles. The number of esters is 1. The molecule has 0 spiro atoms. The minimum Gasteiger partial charge on any atom is -0.420 e. The monoisotopic (exact) mass is 292 g/mol. The number of ether oxygens (including phenoxy) is 1. The van der Waals surface area contributed by atoms with Crippen molar-refractivity contribution in [2.45, 2.75) is 31.8 Å². The maximum atomic E-state index is 13.3. The summed E-state index contributed by atoms with van der Waals surface area (Å²) < 4.78 is 57.0. The summed E-state index contributed by atoms with van der Waals surface area (Å²) >= 11 is 0. The first-order valence-corrected chi connectivity index (χ1v) is 6.13. The van der Waals surface area contributed by atoms with Crippen LogP contribution in [-0.2, 0) is 4.79 Å². The van der Waals surface area contributed by atoms with Gasteiger partial charge in [-0.1, -0.05) is 0 Å². The van der Waals surface area contributed by atoms with Gasteiger partial charge in [0.05, 0.1) is 12.0 Å². The molecule has 7 heteroatoms. The zero-order valence-corrected chi connectivity index (χ0v) is 10.3. The SMILES string of the molecule is O=C(Oc1c(F)c(F)cc(F)c1F)[C@H]1CC[C@H](O)CC1. The Hall–Kier alpha value is -1.63. The van der Waals surface area contributed by atoms with Crippen molar-refractivity contribution in [2.75, 3.05) is 0 Å². The third-order valence-corrected chi connectivity index (χ3v) is 3.30. The molecule has 3 nitrogen and oxygen atoms in total. The van der Waals surface area contributed by atoms with Gasteiger partial charge in [0.1, 0.15) is 0 Å². The summed E-state index contributed by atoms with van der Waals surface area (Å²) in [6.07, 6.45) is 0.797. The van der Waals surface area contributed by atoms with Gasteiger partial charge in [-0.2, -0.15) is 8.78 Å². The fourth-order valence-corrected chi connectivity index (χ4v) is 2.14. The number of aliphatic hydroxyl groups excluding tert-OH is 1. The molecule has 0 amide bonds. The summed E-state index contributed by atoms with van der Waals surface area (Å²) in [6, 6.07) is 0.0406. The van der Waals surface area contributed by atoms with Crippen LogP contribution in [0.15, 0.2) is 6.07 Å². The third-order valence-electron chi connectivity index (χ3n) is 3.30. The lowest BCUT2D eigenvalue weighted by atomic mass is 9.87. The van der Waals surface area contributed by atoms with Crippen LogP contribution in [0.1, 0.15) is 25.7 Å². The molecular weight excluding hydrogens is 280 g/mol. The van der Waals surface area contributed by atoms with Gasteiger partial charge in [-0.3, -0.25) is 4.79 Å². The van der Waals surface area contributed by atoms with E-state index in [1.54, 1.807) is 0 Å². The van der Waals surface area contributed by atoms with Gasteiger partial charge in [-0.05, 0) is 25.7 Å². The Labute approximate surface area is 112 Å². The second-order valence-corrected chi connectivity index (χ2v) is 4.72. The summed E-state index contributed by atoms with van der Waals surface area (Å²) in [4.78, 5) is 11.7. The topological polar surface area (TPSA) is 46.5 Å². The van der Waals surface area contributed by atoms with Gasteiger partial charge in [0.25, 0.3) is 0 Å². The van der Waals surface area contributed by atoms with Gasteiger partial charge < -0.3 is 9.84 Å². The molecule has 0 atom stereocenters. The van der Waals surface area contributed by atoms with Crippen LogP contribution in [0, 0.1) is 29.2 Å². The van der Waals surface area contributed by atoms with Gasteiger partial charge in [0, 0.05) is 6.07 Å². The van der Waals surface area contributed by atoms with E-state index in [-0.39, 0.29) is 6.07 Å². The maximum Gasteiger partial charge on any atom is 0.314 e. The van der Waals surface area contributed by atoms with Crippen LogP contribution in [0.3, 0.4) is 0 Å². The van der Waals surface area contributed by atoms with E-state index < -0.39 is 47.0 Å².